The Hall–Kier alpha value is -2.04. The highest BCUT2D eigenvalue weighted by atomic mass is 16.5. The molecule has 5 nitrogen and oxygen atoms in total. The van der Waals surface area contributed by atoms with E-state index in [0.717, 1.165) is 24.9 Å². The molecule has 0 saturated heterocycles. The summed E-state index contributed by atoms with van der Waals surface area (Å²) in [5.74, 6) is -0.216. The summed E-state index contributed by atoms with van der Waals surface area (Å²) in [5.41, 5.74) is 1.37. The van der Waals surface area contributed by atoms with Gasteiger partial charge in [0.2, 0.25) is 0 Å². The van der Waals surface area contributed by atoms with Gasteiger partial charge in [0.1, 0.15) is 0 Å². The number of carbonyl (C=O) groups is 2. The van der Waals surface area contributed by atoms with Crippen molar-refractivity contribution >= 4 is 17.6 Å². The molecule has 1 fully saturated rings. The zero-order chi connectivity index (χ0) is 17.7. The Morgan fingerprint density at radius 3 is 2.62 bits per heavy atom. The molecule has 0 aliphatic heterocycles. The van der Waals surface area contributed by atoms with Crippen molar-refractivity contribution in [1.82, 2.24) is 5.32 Å². The molecular weight excluding hydrogens is 304 g/mol. The van der Waals surface area contributed by atoms with Crippen molar-refractivity contribution in [3.8, 4) is 0 Å². The highest BCUT2D eigenvalue weighted by molar-refractivity contribution is 5.93. The summed E-state index contributed by atoms with van der Waals surface area (Å²) in [7, 11) is 3.82. The smallest absolute Gasteiger partial charge is 0.338 e. The number of nitrogens with zero attached hydrogens (tertiary/aromatic N) is 1. The highest BCUT2D eigenvalue weighted by Crippen LogP contribution is 2.24. The van der Waals surface area contributed by atoms with Crippen LogP contribution in [0.25, 0.3) is 0 Å². The Morgan fingerprint density at radius 2 is 1.96 bits per heavy atom. The normalized spacial score (nSPS) is 21.7. The molecule has 0 spiro atoms. The molecule has 3 atom stereocenters. The van der Waals surface area contributed by atoms with Gasteiger partial charge in [0, 0.05) is 25.8 Å². The molecule has 1 aliphatic rings. The Bertz CT molecular complexity index is 586. The van der Waals surface area contributed by atoms with Crippen LogP contribution in [-0.2, 0) is 9.53 Å². The maximum atomic E-state index is 12.3. The summed E-state index contributed by atoms with van der Waals surface area (Å²) < 4.78 is 5.34. The van der Waals surface area contributed by atoms with E-state index in [1.165, 1.54) is 6.42 Å². The molecule has 2 rings (SSSR count). The molecule has 1 saturated carbocycles. The SMILES string of the molecule is C[C@H](OC(=O)c1cccc(N(C)C)c1)C(=O)N[C@H]1CCCC[C@@H]1C. The second-order valence-corrected chi connectivity index (χ2v) is 6.87. The van der Waals surface area contributed by atoms with Crippen molar-refractivity contribution in [2.75, 3.05) is 19.0 Å². The van der Waals surface area contributed by atoms with Crippen molar-refractivity contribution in [2.45, 2.75) is 51.7 Å². The quantitative estimate of drug-likeness (QED) is 0.842. The molecule has 24 heavy (non-hydrogen) atoms. The number of ether oxygens (including phenoxy) is 1. The first kappa shape index (κ1) is 18.3. The number of amides is 1. The third-order valence-corrected chi connectivity index (χ3v) is 4.69. The van der Waals surface area contributed by atoms with Crippen molar-refractivity contribution in [3.63, 3.8) is 0 Å². The van der Waals surface area contributed by atoms with E-state index in [9.17, 15) is 9.59 Å². The van der Waals surface area contributed by atoms with Gasteiger partial charge < -0.3 is 15.0 Å². The molecule has 1 aliphatic carbocycles. The van der Waals surface area contributed by atoms with Crippen LogP contribution >= 0.6 is 0 Å². The molecule has 1 aromatic carbocycles. The standard InChI is InChI=1S/C19H28N2O3/c1-13-8-5-6-11-17(13)20-18(22)14(2)24-19(23)15-9-7-10-16(12-15)21(3)4/h7,9-10,12-14,17H,5-6,8,11H2,1-4H3,(H,20,22)/t13-,14-,17-/m0/s1. The fraction of sp³-hybridized carbons (Fsp3) is 0.579. The lowest BCUT2D eigenvalue weighted by Crippen LogP contribution is -2.46. The van der Waals surface area contributed by atoms with E-state index < -0.39 is 12.1 Å². The molecule has 5 heteroatoms. The topological polar surface area (TPSA) is 58.6 Å². The lowest BCUT2D eigenvalue weighted by atomic mass is 9.86. The first-order chi connectivity index (χ1) is 11.4. The summed E-state index contributed by atoms with van der Waals surface area (Å²) in [4.78, 5) is 26.5. The first-order valence-electron chi connectivity index (χ1n) is 8.67. The highest BCUT2D eigenvalue weighted by Gasteiger charge is 2.26. The van der Waals surface area contributed by atoms with Crippen LogP contribution in [0.15, 0.2) is 24.3 Å². The average molecular weight is 332 g/mol. The van der Waals surface area contributed by atoms with Gasteiger partial charge in [-0.3, -0.25) is 4.79 Å². The second-order valence-electron chi connectivity index (χ2n) is 6.87. The maximum absolute atomic E-state index is 12.3. The predicted molar refractivity (Wildman–Crippen MR) is 95.2 cm³/mol. The van der Waals surface area contributed by atoms with E-state index in [4.69, 9.17) is 4.74 Å². The van der Waals surface area contributed by atoms with Crippen molar-refractivity contribution in [3.05, 3.63) is 29.8 Å². The van der Waals surface area contributed by atoms with Gasteiger partial charge in [-0.1, -0.05) is 25.8 Å². The Balaban J connectivity index is 1.93. The molecule has 1 amide bonds. The maximum Gasteiger partial charge on any atom is 0.338 e. The average Bonchev–Trinajstić information content (AvgIpc) is 2.56. The largest absolute Gasteiger partial charge is 0.449 e. The molecular formula is C19H28N2O3. The predicted octanol–water partition coefficient (Wildman–Crippen LogP) is 2.99. The summed E-state index contributed by atoms with van der Waals surface area (Å²) in [6.45, 7) is 3.78. The van der Waals surface area contributed by atoms with E-state index >= 15 is 0 Å². The number of esters is 1. The van der Waals surface area contributed by atoms with Crippen LogP contribution < -0.4 is 10.2 Å². The van der Waals surface area contributed by atoms with Crippen LogP contribution in [0.3, 0.4) is 0 Å². The number of hydrogen-bond acceptors (Lipinski definition) is 4. The van der Waals surface area contributed by atoms with E-state index in [2.05, 4.69) is 12.2 Å². The van der Waals surface area contributed by atoms with Crippen molar-refractivity contribution < 1.29 is 14.3 Å². The van der Waals surface area contributed by atoms with Crippen LogP contribution in [0, 0.1) is 5.92 Å². The lowest BCUT2D eigenvalue weighted by Gasteiger charge is -2.30. The number of anilines is 1. The molecule has 0 aromatic heterocycles. The van der Waals surface area contributed by atoms with Gasteiger partial charge >= 0.3 is 5.97 Å². The molecule has 0 radical (unpaired) electrons. The molecule has 1 aromatic rings. The van der Waals surface area contributed by atoms with E-state index in [1.54, 1.807) is 25.1 Å². The van der Waals surface area contributed by atoms with Crippen LogP contribution in [0.1, 0.15) is 49.9 Å². The van der Waals surface area contributed by atoms with Gasteiger partial charge in [0.25, 0.3) is 5.91 Å². The van der Waals surface area contributed by atoms with Crippen molar-refractivity contribution in [2.24, 2.45) is 5.92 Å². The molecule has 0 bridgehead atoms. The minimum atomic E-state index is -0.797. The second kappa shape index (κ2) is 8.18. The third kappa shape index (κ3) is 4.73. The summed E-state index contributed by atoms with van der Waals surface area (Å²) >= 11 is 0. The van der Waals surface area contributed by atoms with Gasteiger partial charge in [0.15, 0.2) is 6.10 Å². The van der Waals surface area contributed by atoms with Gasteiger partial charge in [-0.25, -0.2) is 4.79 Å². The van der Waals surface area contributed by atoms with E-state index in [1.807, 2.05) is 25.1 Å². The minimum absolute atomic E-state index is 0.185. The zero-order valence-electron chi connectivity index (χ0n) is 15.0. The van der Waals surface area contributed by atoms with Crippen molar-refractivity contribution in [1.29, 1.82) is 0 Å². The Labute approximate surface area is 144 Å². The number of carbonyl (C=O) groups excluding carboxylic acids is 2. The summed E-state index contributed by atoms with van der Waals surface area (Å²) in [6, 6.07) is 7.36. The summed E-state index contributed by atoms with van der Waals surface area (Å²) in [5, 5.41) is 3.03. The monoisotopic (exact) mass is 332 g/mol. The minimum Gasteiger partial charge on any atom is -0.449 e. The molecule has 0 heterocycles. The number of hydrogen-bond donors (Lipinski definition) is 1. The van der Waals surface area contributed by atoms with Crippen LogP contribution in [0.2, 0.25) is 0 Å². The first-order valence-corrected chi connectivity index (χ1v) is 8.67. The molecule has 0 unspecified atom stereocenters. The number of rotatable bonds is 5. The Morgan fingerprint density at radius 1 is 1.25 bits per heavy atom. The van der Waals surface area contributed by atoms with Crippen LogP contribution in [-0.4, -0.2) is 38.1 Å². The lowest BCUT2D eigenvalue weighted by molar-refractivity contribution is -0.130. The van der Waals surface area contributed by atoms with Gasteiger partial charge in [0.05, 0.1) is 5.56 Å². The molecule has 1 N–H and O–H groups in total. The fourth-order valence-corrected chi connectivity index (χ4v) is 3.02. The van der Waals surface area contributed by atoms with E-state index in [0.29, 0.717) is 11.5 Å². The third-order valence-electron chi connectivity index (χ3n) is 4.69. The van der Waals surface area contributed by atoms with Gasteiger partial charge in [-0.05, 0) is 43.9 Å². The van der Waals surface area contributed by atoms with Gasteiger partial charge in [-0.2, -0.15) is 0 Å². The molecule has 132 valence electrons. The summed E-state index contributed by atoms with van der Waals surface area (Å²) in [6.07, 6.45) is 3.70. The fourth-order valence-electron chi connectivity index (χ4n) is 3.02. The zero-order valence-corrected chi connectivity index (χ0v) is 15.0. The Kier molecular flexibility index (Phi) is 6.23. The number of benzene rings is 1. The van der Waals surface area contributed by atoms with Crippen LogP contribution in [0.4, 0.5) is 5.69 Å². The number of nitrogens with one attached hydrogen (secondary N) is 1. The van der Waals surface area contributed by atoms with Crippen LogP contribution in [0.5, 0.6) is 0 Å². The van der Waals surface area contributed by atoms with E-state index in [-0.39, 0.29) is 11.9 Å². The van der Waals surface area contributed by atoms with Gasteiger partial charge in [-0.15, -0.1) is 0 Å².